The molecule has 0 aliphatic carbocycles. The average molecular weight is 202 g/mol. The molecule has 78 valence electrons. The largest absolute Gasteiger partial charge is 0.508 e. The number of rotatable bonds is 2. The molecule has 3 nitrogen and oxygen atoms in total. The standard InChI is InChI=1S/C12H14N2O/c1-3-10-4-5-11(6-12(10)15)14-7-9(2)13-8-14/h4-8,15H,3H2,1-2H3. The van der Waals surface area contributed by atoms with Gasteiger partial charge in [0.2, 0.25) is 0 Å². The zero-order chi connectivity index (χ0) is 10.8. The van der Waals surface area contributed by atoms with Gasteiger partial charge in [-0.2, -0.15) is 0 Å². The molecule has 1 heterocycles. The number of hydrogen-bond donors (Lipinski definition) is 1. The molecule has 0 radical (unpaired) electrons. The second-order valence-electron chi connectivity index (χ2n) is 3.59. The fourth-order valence-electron chi connectivity index (χ4n) is 1.57. The van der Waals surface area contributed by atoms with E-state index in [1.165, 1.54) is 0 Å². The molecule has 0 amide bonds. The maximum Gasteiger partial charge on any atom is 0.120 e. The molecule has 1 aromatic carbocycles. The lowest BCUT2D eigenvalue weighted by Gasteiger charge is -2.05. The van der Waals surface area contributed by atoms with Crippen LogP contribution in [0.2, 0.25) is 0 Å². The Morgan fingerprint density at radius 3 is 2.73 bits per heavy atom. The first-order valence-corrected chi connectivity index (χ1v) is 5.03. The molecular formula is C12H14N2O. The molecule has 0 saturated carbocycles. The van der Waals surface area contributed by atoms with E-state index in [0.29, 0.717) is 5.75 Å². The monoisotopic (exact) mass is 202 g/mol. The Bertz CT molecular complexity index is 474. The number of phenols is 1. The average Bonchev–Trinajstić information content (AvgIpc) is 2.65. The van der Waals surface area contributed by atoms with E-state index in [1.807, 2.05) is 36.7 Å². The smallest absolute Gasteiger partial charge is 0.120 e. The lowest BCUT2D eigenvalue weighted by Crippen LogP contribution is -1.91. The van der Waals surface area contributed by atoms with E-state index in [2.05, 4.69) is 4.98 Å². The van der Waals surface area contributed by atoms with Crippen molar-refractivity contribution in [2.24, 2.45) is 0 Å². The maximum atomic E-state index is 9.73. The molecule has 0 aliphatic heterocycles. The van der Waals surface area contributed by atoms with Crippen LogP contribution < -0.4 is 0 Å². The number of hydrogen-bond acceptors (Lipinski definition) is 2. The Morgan fingerprint density at radius 1 is 1.40 bits per heavy atom. The van der Waals surface area contributed by atoms with Crippen molar-refractivity contribution in [3.63, 3.8) is 0 Å². The van der Waals surface area contributed by atoms with Crippen LogP contribution in [0.4, 0.5) is 0 Å². The van der Waals surface area contributed by atoms with Crippen LogP contribution >= 0.6 is 0 Å². The van der Waals surface area contributed by atoms with Gasteiger partial charge in [-0.15, -0.1) is 0 Å². The van der Waals surface area contributed by atoms with Gasteiger partial charge in [0.15, 0.2) is 0 Å². The predicted molar refractivity (Wildman–Crippen MR) is 59.3 cm³/mol. The molecule has 0 fully saturated rings. The second kappa shape index (κ2) is 3.77. The summed E-state index contributed by atoms with van der Waals surface area (Å²) in [4.78, 5) is 4.15. The van der Waals surface area contributed by atoms with Crippen LogP contribution in [-0.2, 0) is 6.42 Å². The summed E-state index contributed by atoms with van der Waals surface area (Å²) in [6.07, 6.45) is 4.52. The number of benzene rings is 1. The van der Waals surface area contributed by atoms with Crippen LogP contribution in [0.15, 0.2) is 30.7 Å². The zero-order valence-electron chi connectivity index (χ0n) is 8.94. The van der Waals surface area contributed by atoms with Crippen LogP contribution in [0.3, 0.4) is 0 Å². The van der Waals surface area contributed by atoms with Gasteiger partial charge in [0.1, 0.15) is 5.75 Å². The van der Waals surface area contributed by atoms with Gasteiger partial charge in [-0.1, -0.05) is 13.0 Å². The van der Waals surface area contributed by atoms with E-state index < -0.39 is 0 Å². The number of imidazole rings is 1. The molecular weight excluding hydrogens is 188 g/mol. The van der Waals surface area contributed by atoms with Crippen molar-refractivity contribution < 1.29 is 5.11 Å². The van der Waals surface area contributed by atoms with Crippen molar-refractivity contribution >= 4 is 0 Å². The van der Waals surface area contributed by atoms with Crippen LogP contribution in [0.1, 0.15) is 18.2 Å². The number of aryl methyl sites for hydroxylation is 2. The van der Waals surface area contributed by atoms with E-state index in [1.54, 1.807) is 12.4 Å². The van der Waals surface area contributed by atoms with Gasteiger partial charge in [0, 0.05) is 12.3 Å². The molecule has 1 N–H and O–H groups in total. The Morgan fingerprint density at radius 2 is 2.20 bits per heavy atom. The van der Waals surface area contributed by atoms with E-state index in [0.717, 1.165) is 23.4 Å². The van der Waals surface area contributed by atoms with Crippen LogP contribution in [-0.4, -0.2) is 14.7 Å². The summed E-state index contributed by atoms with van der Waals surface area (Å²) in [5.41, 5.74) is 2.87. The predicted octanol–water partition coefficient (Wildman–Crippen LogP) is 2.45. The molecule has 0 spiro atoms. The number of aromatic nitrogens is 2. The highest BCUT2D eigenvalue weighted by molar-refractivity contribution is 5.44. The lowest BCUT2D eigenvalue weighted by molar-refractivity contribution is 0.468. The normalized spacial score (nSPS) is 10.5. The summed E-state index contributed by atoms with van der Waals surface area (Å²) in [5.74, 6) is 0.348. The minimum Gasteiger partial charge on any atom is -0.508 e. The number of aromatic hydroxyl groups is 1. The first kappa shape index (κ1) is 9.77. The Labute approximate surface area is 89.0 Å². The van der Waals surface area contributed by atoms with Gasteiger partial charge in [-0.05, 0) is 25.0 Å². The van der Waals surface area contributed by atoms with Gasteiger partial charge < -0.3 is 9.67 Å². The van der Waals surface area contributed by atoms with E-state index in [9.17, 15) is 5.11 Å². The minimum absolute atomic E-state index is 0.348. The van der Waals surface area contributed by atoms with Crippen molar-refractivity contribution in [1.82, 2.24) is 9.55 Å². The van der Waals surface area contributed by atoms with Crippen molar-refractivity contribution in [2.45, 2.75) is 20.3 Å². The third kappa shape index (κ3) is 1.86. The Kier molecular flexibility index (Phi) is 2.46. The van der Waals surface area contributed by atoms with Gasteiger partial charge in [0.05, 0.1) is 17.7 Å². The molecule has 0 saturated heterocycles. The van der Waals surface area contributed by atoms with Gasteiger partial charge in [-0.3, -0.25) is 0 Å². The van der Waals surface area contributed by atoms with Crippen molar-refractivity contribution in [3.05, 3.63) is 42.0 Å². The summed E-state index contributed by atoms with van der Waals surface area (Å²) in [5, 5.41) is 9.73. The Balaban J connectivity index is 2.42. The first-order chi connectivity index (χ1) is 7.20. The summed E-state index contributed by atoms with van der Waals surface area (Å²) in [7, 11) is 0. The third-order valence-corrected chi connectivity index (χ3v) is 2.46. The summed E-state index contributed by atoms with van der Waals surface area (Å²) in [6, 6.07) is 5.69. The topological polar surface area (TPSA) is 38.0 Å². The summed E-state index contributed by atoms with van der Waals surface area (Å²) < 4.78 is 1.90. The zero-order valence-corrected chi connectivity index (χ0v) is 8.94. The highest BCUT2D eigenvalue weighted by Crippen LogP contribution is 2.21. The van der Waals surface area contributed by atoms with Gasteiger partial charge >= 0.3 is 0 Å². The highest BCUT2D eigenvalue weighted by Gasteiger charge is 2.02. The lowest BCUT2D eigenvalue weighted by atomic mass is 10.1. The third-order valence-electron chi connectivity index (χ3n) is 2.46. The molecule has 0 atom stereocenters. The van der Waals surface area contributed by atoms with E-state index >= 15 is 0 Å². The second-order valence-corrected chi connectivity index (χ2v) is 3.59. The van der Waals surface area contributed by atoms with Crippen molar-refractivity contribution in [3.8, 4) is 11.4 Å². The van der Waals surface area contributed by atoms with Crippen molar-refractivity contribution in [1.29, 1.82) is 0 Å². The minimum atomic E-state index is 0.348. The SMILES string of the molecule is CCc1ccc(-n2cnc(C)c2)cc1O. The number of nitrogens with zero attached hydrogens (tertiary/aromatic N) is 2. The molecule has 2 aromatic rings. The molecule has 1 aromatic heterocycles. The van der Waals surface area contributed by atoms with Crippen LogP contribution in [0, 0.1) is 6.92 Å². The molecule has 0 aliphatic rings. The highest BCUT2D eigenvalue weighted by atomic mass is 16.3. The summed E-state index contributed by atoms with van der Waals surface area (Å²) in [6.45, 7) is 3.97. The quantitative estimate of drug-likeness (QED) is 0.812. The molecule has 0 bridgehead atoms. The number of phenolic OH excluding ortho intramolecular Hbond substituents is 1. The van der Waals surface area contributed by atoms with Crippen molar-refractivity contribution in [2.75, 3.05) is 0 Å². The Hall–Kier alpha value is -1.77. The van der Waals surface area contributed by atoms with E-state index in [4.69, 9.17) is 0 Å². The van der Waals surface area contributed by atoms with E-state index in [-0.39, 0.29) is 0 Å². The fourth-order valence-corrected chi connectivity index (χ4v) is 1.57. The maximum absolute atomic E-state index is 9.73. The van der Waals surface area contributed by atoms with Gasteiger partial charge in [-0.25, -0.2) is 4.98 Å². The summed E-state index contributed by atoms with van der Waals surface area (Å²) >= 11 is 0. The first-order valence-electron chi connectivity index (χ1n) is 5.03. The molecule has 2 rings (SSSR count). The molecule has 0 unspecified atom stereocenters. The molecule has 3 heteroatoms. The fraction of sp³-hybridized carbons (Fsp3) is 0.250. The van der Waals surface area contributed by atoms with Crippen LogP contribution in [0.25, 0.3) is 5.69 Å². The van der Waals surface area contributed by atoms with Crippen LogP contribution in [0.5, 0.6) is 5.75 Å². The van der Waals surface area contributed by atoms with Gasteiger partial charge in [0.25, 0.3) is 0 Å². The molecule has 15 heavy (non-hydrogen) atoms.